The van der Waals surface area contributed by atoms with Crippen LogP contribution < -0.4 is 16.0 Å². The third kappa shape index (κ3) is 5.15. The number of anilines is 1. The van der Waals surface area contributed by atoms with Gasteiger partial charge in [0.15, 0.2) is 0 Å². The minimum Gasteiger partial charge on any atom is -0.325 e. The van der Waals surface area contributed by atoms with Gasteiger partial charge >= 0.3 is 0 Å². The lowest BCUT2D eigenvalue weighted by Gasteiger charge is -2.28. The van der Waals surface area contributed by atoms with Crippen LogP contribution in [0.2, 0.25) is 0 Å². The molecule has 1 aromatic heterocycles. The number of aromatic nitrogens is 1. The summed E-state index contributed by atoms with van der Waals surface area (Å²) in [7, 11) is 0. The minimum atomic E-state index is -1.08. The summed E-state index contributed by atoms with van der Waals surface area (Å²) in [5.41, 5.74) is 8.47. The van der Waals surface area contributed by atoms with Crippen molar-refractivity contribution in [3.8, 4) is 0 Å². The Morgan fingerprint density at radius 2 is 1.90 bits per heavy atom. The van der Waals surface area contributed by atoms with E-state index >= 15 is 0 Å². The lowest BCUT2D eigenvalue weighted by molar-refractivity contribution is -0.127. The average Bonchev–Trinajstić information content (AvgIpc) is 2.90. The molecule has 1 aliphatic rings. The van der Waals surface area contributed by atoms with E-state index in [0.29, 0.717) is 24.5 Å². The number of carbonyl (C=O) groups is 2. The molecule has 1 aromatic carbocycles. The first kappa shape index (κ1) is 22.6. The SMILES string of the molecule is CCN(CC)CCN1C(=O)[C@@H](NC(=O)[C@H](C)N)N=C(c2ccccn2)c2ccccc21. The van der Waals surface area contributed by atoms with Crippen LogP contribution in [0.3, 0.4) is 0 Å². The molecule has 164 valence electrons. The van der Waals surface area contributed by atoms with Crippen LogP contribution in [0.4, 0.5) is 5.69 Å². The van der Waals surface area contributed by atoms with Crippen molar-refractivity contribution in [2.24, 2.45) is 10.7 Å². The van der Waals surface area contributed by atoms with Crippen LogP contribution >= 0.6 is 0 Å². The van der Waals surface area contributed by atoms with Crippen molar-refractivity contribution in [2.75, 3.05) is 31.1 Å². The summed E-state index contributed by atoms with van der Waals surface area (Å²) in [6, 6.07) is 12.4. The number of hydrogen-bond donors (Lipinski definition) is 2. The van der Waals surface area contributed by atoms with Gasteiger partial charge in [-0.3, -0.25) is 14.6 Å². The zero-order chi connectivity index (χ0) is 22.4. The average molecular weight is 423 g/mol. The number of carbonyl (C=O) groups excluding carboxylic acids is 2. The van der Waals surface area contributed by atoms with Gasteiger partial charge in [-0.1, -0.05) is 38.1 Å². The van der Waals surface area contributed by atoms with Crippen molar-refractivity contribution in [1.29, 1.82) is 0 Å². The number of nitrogens with zero attached hydrogens (tertiary/aromatic N) is 4. The van der Waals surface area contributed by atoms with Crippen molar-refractivity contribution >= 4 is 23.2 Å². The van der Waals surface area contributed by atoms with Crippen molar-refractivity contribution in [3.05, 3.63) is 59.9 Å². The van der Waals surface area contributed by atoms with E-state index in [2.05, 4.69) is 34.0 Å². The lowest BCUT2D eigenvalue weighted by atomic mass is 10.0. The number of nitrogens with two attached hydrogens (primary N) is 1. The van der Waals surface area contributed by atoms with E-state index in [9.17, 15) is 9.59 Å². The van der Waals surface area contributed by atoms with Crippen LogP contribution in [0.25, 0.3) is 0 Å². The summed E-state index contributed by atoms with van der Waals surface area (Å²) in [5, 5.41) is 2.70. The molecule has 2 heterocycles. The topological polar surface area (TPSA) is 104 Å². The molecule has 8 nitrogen and oxygen atoms in total. The lowest BCUT2D eigenvalue weighted by Crippen LogP contribution is -2.52. The van der Waals surface area contributed by atoms with Gasteiger partial charge in [-0.2, -0.15) is 0 Å². The third-order valence-corrected chi connectivity index (χ3v) is 5.34. The molecular weight excluding hydrogens is 392 g/mol. The van der Waals surface area contributed by atoms with Gasteiger partial charge in [-0.15, -0.1) is 0 Å². The third-order valence-electron chi connectivity index (χ3n) is 5.34. The molecule has 3 N–H and O–H groups in total. The summed E-state index contributed by atoms with van der Waals surface area (Å²) in [6.07, 6.45) is 0.598. The van der Waals surface area contributed by atoms with Crippen molar-refractivity contribution in [1.82, 2.24) is 15.2 Å². The monoisotopic (exact) mass is 422 g/mol. The Morgan fingerprint density at radius 1 is 1.19 bits per heavy atom. The first-order valence-corrected chi connectivity index (χ1v) is 10.6. The van der Waals surface area contributed by atoms with E-state index in [0.717, 1.165) is 24.3 Å². The second-order valence-corrected chi connectivity index (χ2v) is 7.43. The van der Waals surface area contributed by atoms with Gasteiger partial charge in [0.2, 0.25) is 12.1 Å². The van der Waals surface area contributed by atoms with Crippen LogP contribution in [-0.4, -0.2) is 65.8 Å². The second-order valence-electron chi connectivity index (χ2n) is 7.43. The van der Waals surface area contributed by atoms with Gasteiger partial charge < -0.3 is 20.9 Å². The standard InChI is InChI=1S/C23H30N6O2/c1-4-28(5-2)14-15-29-19-12-7-6-10-17(19)20(18-11-8-9-13-25-18)26-21(23(29)31)27-22(30)16(3)24/h6-13,16,21H,4-5,14-15,24H2,1-3H3,(H,27,30)/t16-,21+/m0/s1. The Morgan fingerprint density at radius 3 is 2.55 bits per heavy atom. The maximum absolute atomic E-state index is 13.6. The number of hydrogen-bond acceptors (Lipinski definition) is 6. The normalized spacial score (nSPS) is 17.1. The number of benzene rings is 1. The van der Waals surface area contributed by atoms with Crippen LogP contribution in [0.1, 0.15) is 32.0 Å². The molecule has 8 heteroatoms. The van der Waals surface area contributed by atoms with Gasteiger partial charge in [0, 0.05) is 24.8 Å². The molecule has 2 aromatic rings. The van der Waals surface area contributed by atoms with E-state index in [1.165, 1.54) is 0 Å². The maximum Gasteiger partial charge on any atom is 0.272 e. The van der Waals surface area contributed by atoms with Gasteiger partial charge in [0.25, 0.3) is 5.91 Å². The number of para-hydroxylation sites is 1. The van der Waals surface area contributed by atoms with E-state index in [-0.39, 0.29) is 5.91 Å². The summed E-state index contributed by atoms with van der Waals surface area (Å²) in [5.74, 6) is -0.725. The Labute approximate surface area is 183 Å². The van der Waals surface area contributed by atoms with Crippen molar-refractivity contribution in [3.63, 3.8) is 0 Å². The number of fused-ring (bicyclic) bond motifs is 1. The van der Waals surface area contributed by atoms with E-state index < -0.39 is 18.1 Å². The highest BCUT2D eigenvalue weighted by Gasteiger charge is 2.33. The number of aliphatic imine (C=N–C) groups is 1. The summed E-state index contributed by atoms with van der Waals surface area (Å²) in [6.45, 7) is 8.73. The van der Waals surface area contributed by atoms with Crippen LogP contribution in [0, 0.1) is 0 Å². The van der Waals surface area contributed by atoms with Gasteiger partial charge in [0.05, 0.1) is 23.1 Å². The molecule has 3 rings (SSSR count). The predicted octanol–water partition coefficient (Wildman–Crippen LogP) is 1.40. The highest BCUT2D eigenvalue weighted by atomic mass is 16.2. The Balaban J connectivity index is 2.08. The molecule has 2 amide bonds. The van der Waals surface area contributed by atoms with E-state index in [4.69, 9.17) is 5.73 Å². The van der Waals surface area contributed by atoms with E-state index in [1.54, 1.807) is 18.0 Å². The Hall–Kier alpha value is -3.10. The molecule has 0 unspecified atom stereocenters. The molecule has 0 aliphatic carbocycles. The number of nitrogens with one attached hydrogen (secondary N) is 1. The predicted molar refractivity (Wildman–Crippen MR) is 122 cm³/mol. The molecular formula is C23H30N6O2. The maximum atomic E-state index is 13.6. The number of likely N-dealkylation sites (N-methyl/N-ethyl adjacent to an activating group) is 1. The van der Waals surface area contributed by atoms with Crippen LogP contribution in [0.5, 0.6) is 0 Å². The summed E-state index contributed by atoms with van der Waals surface area (Å²) >= 11 is 0. The van der Waals surface area contributed by atoms with Crippen LogP contribution in [0.15, 0.2) is 53.7 Å². The molecule has 0 fully saturated rings. The summed E-state index contributed by atoms with van der Waals surface area (Å²) in [4.78, 5) is 39.0. The molecule has 1 aliphatic heterocycles. The molecule has 0 saturated heterocycles. The fraction of sp³-hybridized carbons (Fsp3) is 0.391. The van der Waals surface area contributed by atoms with Crippen molar-refractivity contribution in [2.45, 2.75) is 33.0 Å². The first-order valence-electron chi connectivity index (χ1n) is 10.6. The Kier molecular flexibility index (Phi) is 7.49. The first-order chi connectivity index (χ1) is 15.0. The quantitative estimate of drug-likeness (QED) is 0.669. The van der Waals surface area contributed by atoms with Crippen molar-refractivity contribution < 1.29 is 9.59 Å². The number of pyridine rings is 1. The highest BCUT2D eigenvalue weighted by Crippen LogP contribution is 2.27. The smallest absolute Gasteiger partial charge is 0.272 e. The minimum absolute atomic E-state index is 0.292. The van der Waals surface area contributed by atoms with Gasteiger partial charge in [-0.05, 0) is 38.2 Å². The number of rotatable bonds is 8. The zero-order valence-electron chi connectivity index (χ0n) is 18.3. The fourth-order valence-electron chi connectivity index (χ4n) is 3.51. The molecule has 0 saturated carbocycles. The van der Waals surface area contributed by atoms with Gasteiger partial charge in [-0.25, -0.2) is 4.99 Å². The Bertz CT molecular complexity index is 940. The van der Waals surface area contributed by atoms with Gasteiger partial charge in [0.1, 0.15) is 0 Å². The molecule has 31 heavy (non-hydrogen) atoms. The molecule has 0 bridgehead atoms. The molecule has 2 atom stereocenters. The largest absolute Gasteiger partial charge is 0.325 e. The second kappa shape index (κ2) is 10.3. The van der Waals surface area contributed by atoms with Crippen LogP contribution in [-0.2, 0) is 9.59 Å². The fourth-order valence-corrected chi connectivity index (χ4v) is 3.51. The summed E-state index contributed by atoms with van der Waals surface area (Å²) < 4.78 is 0. The number of benzodiazepines with no additional fused rings is 1. The van der Waals surface area contributed by atoms with E-state index in [1.807, 2.05) is 42.5 Å². The number of amides is 2. The molecule has 0 radical (unpaired) electrons. The molecule has 0 spiro atoms. The highest BCUT2D eigenvalue weighted by molar-refractivity contribution is 6.19. The zero-order valence-corrected chi connectivity index (χ0v) is 18.3.